The molecule has 150 valence electrons. The quantitative estimate of drug-likeness (QED) is 0.720. The van der Waals surface area contributed by atoms with Crippen LogP contribution in [0.1, 0.15) is 0 Å². The van der Waals surface area contributed by atoms with Crippen LogP contribution in [0.15, 0.2) is 35.4 Å². The molecule has 0 spiro atoms. The Morgan fingerprint density at radius 3 is 2.00 bits per heavy atom. The third kappa shape index (κ3) is 4.02. The topological polar surface area (TPSA) is 91.8 Å². The number of hydrogen-bond donors (Lipinski definition) is 0. The number of piperazine rings is 1. The Kier molecular flexibility index (Phi) is 5.31. The van der Waals surface area contributed by atoms with Gasteiger partial charge in [-0.2, -0.15) is 0 Å². The molecule has 2 aliphatic heterocycles. The van der Waals surface area contributed by atoms with Crippen molar-refractivity contribution in [2.24, 2.45) is 0 Å². The van der Waals surface area contributed by atoms with E-state index in [1.807, 2.05) is 17.0 Å². The first kappa shape index (κ1) is 18.9. The Morgan fingerprint density at radius 2 is 1.43 bits per heavy atom. The number of aromatic nitrogens is 3. The third-order valence-electron chi connectivity index (χ3n) is 5.03. The summed E-state index contributed by atoms with van der Waals surface area (Å²) in [5, 5.41) is 8.77. The molecule has 2 aliphatic rings. The van der Waals surface area contributed by atoms with Gasteiger partial charge >= 0.3 is 0 Å². The van der Waals surface area contributed by atoms with Crippen LogP contribution in [-0.4, -0.2) is 82.3 Å². The van der Waals surface area contributed by atoms with E-state index < -0.39 is 9.84 Å². The number of hydrogen-bond acceptors (Lipinski definition) is 9. The maximum Gasteiger partial charge on any atom is 0.179 e. The maximum atomic E-state index is 12.0. The Labute approximate surface area is 164 Å². The molecule has 0 aromatic carbocycles. The molecule has 0 radical (unpaired) electrons. The van der Waals surface area contributed by atoms with E-state index in [0.29, 0.717) is 32.1 Å². The van der Waals surface area contributed by atoms with Gasteiger partial charge in [0.1, 0.15) is 10.7 Å². The normalized spacial score (nSPS) is 18.4. The molecule has 0 unspecified atom stereocenters. The number of nitrogens with zero attached hydrogens (tertiary/aromatic N) is 6. The fraction of sp³-hybridized carbons (Fsp3) is 0.500. The van der Waals surface area contributed by atoms with E-state index in [1.165, 1.54) is 6.26 Å². The van der Waals surface area contributed by atoms with Crippen molar-refractivity contribution in [2.75, 3.05) is 73.4 Å². The van der Waals surface area contributed by atoms with E-state index in [9.17, 15) is 8.42 Å². The number of rotatable bonds is 4. The van der Waals surface area contributed by atoms with Crippen LogP contribution in [0.5, 0.6) is 0 Å². The van der Waals surface area contributed by atoms with Crippen LogP contribution in [0, 0.1) is 0 Å². The highest BCUT2D eigenvalue weighted by molar-refractivity contribution is 7.90. The fourth-order valence-electron chi connectivity index (χ4n) is 3.50. The SMILES string of the molecule is CS(=O)(=O)c1cccnc1N1CCN(c2ccc(N3CCOCC3)nn2)CC1. The summed E-state index contributed by atoms with van der Waals surface area (Å²) >= 11 is 0. The lowest BCUT2D eigenvalue weighted by Crippen LogP contribution is -2.47. The highest BCUT2D eigenvalue weighted by atomic mass is 32.2. The van der Waals surface area contributed by atoms with Crippen LogP contribution < -0.4 is 14.7 Å². The van der Waals surface area contributed by atoms with Crippen molar-refractivity contribution in [3.63, 3.8) is 0 Å². The summed E-state index contributed by atoms with van der Waals surface area (Å²) in [6.07, 6.45) is 2.85. The van der Waals surface area contributed by atoms with Crippen molar-refractivity contribution in [1.82, 2.24) is 15.2 Å². The number of pyridine rings is 1. The predicted octanol–water partition coefficient (Wildman–Crippen LogP) is 0.438. The van der Waals surface area contributed by atoms with E-state index >= 15 is 0 Å². The summed E-state index contributed by atoms with van der Waals surface area (Å²) < 4.78 is 29.4. The molecule has 2 aromatic heterocycles. The largest absolute Gasteiger partial charge is 0.378 e. The summed E-state index contributed by atoms with van der Waals surface area (Å²) in [4.78, 5) is 10.9. The smallest absolute Gasteiger partial charge is 0.179 e. The highest BCUT2D eigenvalue weighted by Gasteiger charge is 2.24. The highest BCUT2D eigenvalue weighted by Crippen LogP contribution is 2.24. The monoisotopic (exact) mass is 404 g/mol. The summed E-state index contributed by atoms with van der Waals surface area (Å²) in [6.45, 7) is 5.90. The average Bonchev–Trinajstić information content (AvgIpc) is 2.74. The van der Waals surface area contributed by atoms with Crippen molar-refractivity contribution in [2.45, 2.75) is 4.90 Å². The molecular formula is C18H24N6O3S. The molecule has 0 saturated carbocycles. The molecule has 4 rings (SSSR count). The molecule has 28 heavy (non-hydrogen) atoms. The van der Waals surface area contributed by atoms with Gasteiger partial charge in [-0.25, -0.2) is 13.4 Å². The Bertz CT molecular complexity index is 907. The lowest BCUT2D eigenvalue weighted by Gasteiger charge is -2.36. The average molecular weight is 404 g/mol. The van der Waals surface area contributed by atoms with Gasteiger partial charge in [0.2, 0.25) is 0 Å². The molecule has 0 atom stereocenters. The minimum absolute atomic E-state index is 0.276. The molecule has 0 bridgehead atoms. The molecule has 2 aromatic rings. The van der Waals surface area contributed by atoms with E-state index in [4.69, 9.17) is 4.74 Å². The first-order chi connectivity index (χ1) is 13.5. The van der Waals surface area contributed by atoms with Crippen molar-refractivity contribution in [1.29, 1.82) is 0 Å². The number of morpholine rings is 1. The van der Waals surface area contributed by atoms with Gasteiger partial charge in [0.25, 0.3) is 0 Å². The van der Waals surface area contributed by atoms with Crippen molar-refractivity contribution < 1.29 is 13.2 Å². The standard InChI is InChI=1S/C18H24N6O3S/c1-28(25,26)15-3-2-6-19-18(15)24-9-7-22(8-10-24)16-4-5-17(21-20-16)23-11-13-27-14-12-23/h2-6H,7-14H2,1H3. The molecule has 9 nitrogen and oxygen atoms in total. The van der Waals surface area contributed by atoms with E-state index in [2.05, 4.69) is 25.0 Å². The number of ether oxygens (including phenoxy) is 1. The molecule has 0 amide bonds. The lowest BCUT2D eigenvalue weighted by atomic mass is 10.3. The second-order valence-electron chi connectivity index (χ2n) is 6.92. The van der Waals surface area contributed by atoms with E-state index in [0.717, 1.165) is 37.8 Å². The van der Waals surface area contributed by atoms with Gasteiger partial charge in [-0.15, -0.1) is 10.2 Å². The Balaban J connectivity index is 1.42. The summed E-state index contributed by atoms with van der Waals surface area (Å²) in [5.41, 5.74) is 0. The van der Waals surface area contributed by atoms with Gasteiger partial charge in [0, 0.05) is 51.7 Å². The van der Waals surface area contributed by atoms with Crippen LogP contribution in [-0.2, 0) is 14.6 Å². The third-order valence-corrected chi connectivity index (χ3v) is 6.14. The first-order valence-corrected chi connectivity index (χ1v) is 11.2. The minimum atomic E-state index is -3.32. The Hall–Kier alpha value is -2.46. The Morgan fingerprint density at radius 1 is 0.857 bits per heavy atom. The maximum absolute atomic E-state index is 12.0. The number of sulfone groups is 1. The summed E-state index contributed by atoms with van der Waals surface area (Å²) in [7, 11) is -3.32. The van der Waals surface area contributed by atoms with Crippen molar-refractivity contribution >= 4 is 27.3 Å². The lowest BCUT2D eigenvalue weighted by molar-refractivity contribution is 0.122. The molecule has 0 aliphatic carbocycles. The molecule has 4 heterocycles. The van der Waals surface area contributed by atoms with E-state index in [1.54, 1.807) is 18.3 Å². The van der Waals surface area contributed by atoms with Gasteiger partial charge in [-0.1, -0.05) is 0 Å². The first-order valence-electron chi connectivity index (χ1n) is 9.34. The van der Waals surface area contributed by atoms with Crippen LogP contribution >= 0.6 is 0 Å². The predicted molar refractivity (Wildman–Crippen MR) is 107 cm³/mol. The zero-order valence-corrected chi connectivity index (χ0v) is 16.7. The summed E-state index contributed by atoms with van der Waals surface area (Å²) in [6, 6.07) is 7.26. The van der Waals surface area contributed by atoms with Crippen LogP contribution in [0.2, 0.25) is 0 Å². The van der Waals surface area contributed by atoms with Gasteiger partial charge in [-0.05, 0) is 24.3 Å². The zero-order chi connectivity index (χ0) is 19.6. The van der Waals surface area contributed by atoms with Crippen LogP contribution in [0.25, 0.3) is 0 Å². The zero-order valence-electron chi connectivity index (χ0n) is 15.9. The molecule has 2 fully saturated rings. The molecular weight excluding hydrogens is 380 g/mol. The molecule has 2 saturated heterocycles. The van der Waals surface area contributed by atoms with Gasteiger partial charge in [0.15, 0.2) is 21.5 Å². The van der Waals surface area contributed by atoms with Crippen LogP contribution in [0.4, 0.5) is 17.5 Å². The fourth-order valence-corrected chi connectivity index (χ4v) is 4.34. The van der Waals surface area contributed by atoms with Crippen molar-refractivity contribution in [3.8, 4) is 0 Å². The van der Waals surface area contributed by atoms with Crippen molar-refractivity contribution in [3.05, 3.63) is 30.5 Å². The molecule has 0 N–H and O–H groups in total. The minimum Gasteiger partial charge on any atom is -0.378 e. The van der Waals surface area contributed by atoms with Gasteiger partial charge in [-0.3, -0.25) is 0 Å². The number of anilines is 3. The molecule has 10 heteroatoms. The van der Waals surface area contributed by atoms with Crippen LogP contribution in [0.3, 0.4) is 0 Å². The summed E-state index contributed by atoms with van der Waals surface area (Å²) in [5.74, 6) is 2.23. The second kappa shape index (κ2) is 7.88. The van der Waals surface area contributed by atoms with Gasteiger partial charge in [0.05, 0.1) is 13.2 Å². The van der Waals surface area contributed by atoms with E-state index in [-0.39, 0.29) is 4.90 Å². The van der Waals surface area contributed by atoms with Gasteiger partial charge < -0.3 is 19.4 Å². The second-order valence-corrected chi connectivity index (χ2v) is 8.90.